The van der Waals surface area contributed by atoms with Gasteiger partial charge in [0, 0.05) is 5.41 Å². The van der Waals surface area contributed by atoms with Gasteiger partial charge in [-0.2, -0.15) is 0 Å². The van der Waals surface area contributed by atoms with Crippen LogP contribution in [0.3, 0.4) is 0 Å². The minimum Gasteiger partial charge on any atom is -0.379 e. The summed E-state index contributed by atoms with van der Waals surface area (Å²) >= 11 is 0. The topological polar surface area (TPSA) is 46.2 Å². The lowest BCUT2D eigenvalue weighted by Gasteiger charge is -2.59. The van der Waals surface area contributed by atoms with Crippen molar-refractivity contribution in [3.63, 3.8) is 0 Å². The highest BCUT2D eigenvalue weighted by atomic mass is 16.3. The molecule has 4 aliphatic carbocycles. The Morgan fingerprint density at radius 1 is 1.09 bits per heavy atom. The summed E-state index contributed by atoms with van der Waals surface area (Å²) in [5.74, 6) is 10.9. The number of aliphatic hydroxyl groups is 1. The number of hydrogen-bond acceptors (Lipinski definition) is 2. The lowest BCUT2D eigenvalue weighted by atomic mass is 9.45. The van der Waals surface area contributed by atoms with Gasteiger partial charge >= 0.3 is 0 Å². The van der Waals surface area contributed by atoms with Crippen LogP contribution in [0, 0.1) is 58.2 Å². The molecule has 0 amide bonds. The van der Waals surface area contributed by atoms with E-state index < -0.39 is 6.10 Å². The standard InChI is InChI=1S/C30H49NO/c1-21(2)9-7-10-22(3)25-15-16-26-24-14-13-23-11-5-6-18-30(23,28(32)12-8-20-31)27(24)17-19-29(25,26)4/h13,21-22,24-28,32H,5-7,9-11,14-20,31H2,1-4H3/t22-,24+,25-,26+,27+,28?,29-,30-/m1/s1. The third kappa shape index (κ3) is 4.11. The number of aliphatic hydroxyl groups excluding tert-OH is 1. The highest BCUT2D eigenvalue weighted by Crippen LogP contribution is 2.68. The van der Waals surface area contributed by atoms with Gasteiger partial charge in [-0.25, -0.2) is 0 Å². The second-order valence-corrected chi connectivity index (χ2v) is 12.5. The van der Waals surface area contributed by atoms with Gasteiger partial charge in [-0.05, 0) is 92.3 Å². The first kappa shape index (κ1) is 24.3. The molecule has 180 valence electrons. The summed E-state index contributed by atoms with van der Waals surface area (Å²) in [6.45, 7) is 10.3. The Hall–Kier alpha value is -0.780. The van der Waals surface area contributed by atoms with Crippen LogP contribution in [0.1, 0.15) is 105 Å². The van der Waals surface area contributed by atoms with Gasteiger partial charge in [-0.1, -0.05) is 76.9 Å². The molecule has 0 saturated heterocycles. The first-order valence-electron chi connectivity index (χ1n) is 13.9. The molecule has 3 N–H and O–H groups in total. The highest BCUT2D eigenvalue weighted by Gasteiger charge is 2.61. The van der Waals surface area contributed by atoms with E-state index in [9.17, 15) is 5.11 Å². The molecule has 3 saturated carbocycles. The fourth-order valence-electron chi connectivity index (χ4n) is 9.20. The van der Waals surface area contributed by atoms with Crippen molar-refractivity contribution in [3.8, 4) is 11.8 Å². The van der Waals surface area contributed by atoms with Crippen molar-refractivity contribution in [1.29, 1.82) is 0 Å². The Labute approximate surface area is 198 Å². The minimum atomic E-state index is -0.540. The van der Waals surface area contributed by atoms with Crippen LogP contribution in [0.5, 0.6) is 0 Å². The molecule has 0 bridgehead atoms. The molecule has 8 atom stereocenters. The van der Waals surface area contributed by atoms with Crippen LogP contribution in [0.2, 0.25) is 0 Å². The fourth-order valence-corrected chi connectivity index (χ4v) is 9.20. The van der Waals surface area contributed by atoms with Crippen LogP contribution >= 0.6 is 0 Å². The number of rotatable bonds is 6. The maximum absolute atomic E-state index is 11.4. The first-order valence-corrected chi connectivity index (χ1v) is 13.9. The van der Waals surface area contributed by atoms with Gasteiger partial charge in [0.1, 0.15) is 6.10 Å². The fraction of sp³-hybridized carbons (Fsp3) is 0.867. The van der Waals surface area contributed by atoms with Crippen molar-refractivity contribution in [1.82, 2.24) is 0 Å². The number of fused-ring (bicyclic) bond motifs is 5. The SMILES string of the molecule is CC(C)CCC[C@@H](C)[C@H]1CC[C@H]2[C@@H]3CC=C4CCCC[C@]4(C(O)C#CCN)[C@H]3CC[C@]12C. The summed E-state index contributed by atoms with van der Waals surface area (Å²) in [5.41, 5.74) is 7.63. The third-order valence-corrected chi connectivity index (χ3v) is 10.6. The van der Waals surface area contributed by atoms with Crippen molar-refractivity contribution >= 4 is 0 Å². The third-order valence-electron chi connectivity index (χ3n) is 10.6. The molecule has 0 aromatic carbocycles. The molecular weight excluding hydrogens is 390 g/mol. The Bertz CT molecular complexity index is 744. The first-order chi connectivity index (χ1) is 15.3. The zero-order chi connectivity index (χ0) is 22.9. The number of allylic oxidation sites excluding steroid dienone is 1. The summed E-state index contributed by atoms with van der Waals surface area (Å²) < 4.78 is 0. The van der Waals surface area contributed by atoms with Crippen LogP contribution in [-0.4, -0.2) is 17.8 Å². The monoisotopic (exact) mass is 439 g/mol. The lowest BCUT2D eigenvalue weighted by Crippen LogP contribution is -2.55. The van der Waals surface area contributed by atoms with Crippen molar-refractivity contribution in [2.75, 3.05) is 6.54 Å². The zero-order valence-electron chi connectivity index (χ0n) is 21.3. The van der Waals surface area contributed by atoms with Crippen molar-refractivity contribution in [2.24, 2.45) is 52.1 Å². The van der Waals surface area contributed by atoms with E-state index in [0.29, 0.717) is 17.9 Å². The van der Waals surface area contributed by atoms with Crippen LogP contribution in [-0.2, 0) is 0 Å². The van der Waals surface area contributed by atoms with Crippen LogP contribution in [0.4, 0.5) is 0 Å². The minimum absolute atomic E-state index is 0.0916. The van der Waals surface area contributed by atoms with Gasteiger partial charge in [0.05, 0.1) is 6.54 Å². The van der Waals surface area contributed by atoms with Crippen molar-refractivity contribution in [3.05, 3.63) is 11.6 Å². The van der Waals surface area contributed by atoms with E-state index in [0.717, 1.165) is 36.0 Å². The van der Waals surface area contributed by atoms with Crippen molar-refractivity contribution < 1.29 is 5.11 Å². The quantitative estimate of drug-likeness (QED) is 0.356. The lowest BCUT2D eigenvalue weighted by molar-refractivity contribution is -0.0862. The maximum Gasteiger partial charge on any atom is 0.124 e. The number of hydrogen-bond donors (Lipinski definition) is 2. The molecule has 0 aromatic rings. The molecule has 3 fully saturated rings. The van der Waals surface area contributed by atoms with E-state index in [-0.39, 0.29) is 5.41 Å². The molecule has 0 radical (unpaired) electrons. The molecule has 4 rings (SSSR count). The van der Waals surface area contributed by atoms with E-state index in [1.165, 1.54) is 70.6 Å². The normalized spacial score (nSPS) is 40.4. The Morgan fingerprint density at radius 3 is 2.66 bits per heavy atom. The predicted molar refractivity (Wildman–Crippen MR) is 135 cm³/mol. The molecule has 2 nitrogen and oxygen atoms in total. The summed E-state index contributed by atoms with van der Waals surface area (Å²) in [6, 6.07) is 0. The number of nitrogens with two attached hydrogens (primary N) is 1. The highest BCUT2D eigenvalue weighted by molar-refractivity contribution is 5.31. The van der Waals surface area contributed by atoms with E-state index in [2.05, 4.69) is 45.6 Å². The average Bonchev–Trinajstić information content (AvgIpc) is 3.14. The Morgan fingerprint density at radius 2 is 1.91 bits per heavy atom. The van der Waals surface area contributed by atoms with Crippen LogP contribution in [0.15, 0.2) is 11.6 Å². The van der Waals surface area contributed by atoms with Crippen LogP contribution in [0.25, 0.3) is 0 Å². The van der Waals surface area contributed by atoms with Gasteiger partial charge in [0.15, 0.2) is 0 Å². The van der Waals surface area contributed by atoms with Gasteiger partial charge < -0.3 is 10.8 Å². The Kier molecular flexibility index (Phi) is 7.48. The maximum atomic E-state index is 11.4. The van der Waals surface area contributed by atoms with E-state index in [4.69, 9.17) is 5.73 Å². The largest absolute Gasteiger partial charge is 0.379 e. The molecule has 2 heteroatoms. The molecular formula is C30H49NO. The van der Waals surface area contributed by atoms with Gasteiger partial charge in [0.25, 0.3) is 0 Å². The molecule has 1 unspecified atom stereocenters. The van der Waals surface area contributed by atoms with Crippen LogP contribution < -0.4 is 5.73 Å². The van der Waals surface area contributed by atoms with Gasteiger partial charge in [-0.3, -0.25) is 0 Å². The zero-order valence-corrected chi connectivity index (χ0v) is 21.3. The molecule has 4 aliphatic rings. The van der Waals surface area contributed by atoms with Gasteiger partial charge in [-0.15, -0.1) is 0 Å². The smallest absolute Gasteiger partial charge is 0.124 e. The summed E-state index contributed by atoms with van der Waals surface area (Å²) in [4.78, 5) is 0. The molecule has 0 aliphatic heterocycles. The van der Waals surface area contributed by atoms with E-state index in [1.54, 1.807) is 5.57 Å². The predicted octanol–water partition coefficient (Wildman–Crippen LogP) is 6.72. The summed E-state index contributed by atoms with van der Waals surface area (Å²) in [6.07, 6.45) is 17.7. The van der Waals surface area contributed by atoms with Gasteiger partial charge in [0.2, 0.25) is 0 Å². The van der Waals surface area contributed by atoms with E-state index >= 15 is 0 Å². The average molecular weight is 440 g/mol. The molecule has 32 heavy (non-hydrogen) atoms. The van der Waals surface area contributed by atoms with E-state index in [1.807, 2.05) is 0 Å². The molecule has 0 aromatic heterocycles. The Balaban J connectivity index is 1.57. The molecule has 0 spiro atoms. The summed E-state index contributed by atoms with van der Waals surface area (Å²) in [5, 5.41) is 11.4. The summed E-state index contributed by atoms with van der Waals surface area (Å²) in [7, 11) is 0. The van der Waals surface area contributed by atoms with Crippen molar-refractivity contribution in [2.45, 2.75) is 111 Å². The second kappa shape index (κ2) is 9.84. The molecule has 0 heterocycles. The second-order valence-electron chi connectivity index (χ2n) is 12.5.